The molecule has 7 heteroatoms. The van der Waals surface area contributed by atoms with Crippen LogP contribution in [0.3, 0.4) is 0 Å². The first-order chi connectivity index (χ1) is 10.0. The van der Waals surface area contributed by atoms with E-state index >= 15 is 0 Å². The average Bonchev–Trinajstić information content (AvgIpc) is 3.30. The third kappa shape index (κ3) is 4.79. The van der Waals surface area contributed by atoms with Gasteiger partial charge in [-0.25, -0.2) is 13.1 Å². The lowest BCUT2D eigenvalue weighted by molar-refractivity contribution is 0.329. The molecule has 0 unspecified atom stereocenters. The van der Waals surface area contributed by atoms with Crippen LogP contribution in [0.15, 0.2) is 23.4 Å². The number of sulfonamides is 1. The highest BCUT2D eigenvalue weighted by Gasteiger charge is 2.25. The summed E-state index contributed by atoms with van der Waals surface area (Å²) < 4.78 is 27.0. The number of nitrogens with zero attached hydrogens (tertiary/aromatic N) is 2. The quantitative estimate of drug-likeness (QED) is 0.708. The first-order valence-corrected chi connectivity index (χ1v) is 8.35. The molecule has 1 aliphatic rings. The molecule has 3 N–H and O–H groups in total. The lowest BCUT2D eigenvalue weighted by Crippen LogP contribution is -2.34. The van der Waals surface area contributed by atoms with Gasteiger partial charge in [-0.3, -0.25) is 4.98 Å². The van der Waals surface area contributed by atoms with Crippen LogP contribution in [0.2, 0.25) is 0 Å². The Balaban J connectivity index is 1.97. The monoisotopic (exact) mass is 308 g/mol. The Morgan fingerprint density at radius 3 is 2.90 bits per heavy atom. The molecule has 1 fully saturated rings. The Labute approximate surface area is 125 Å². The van der Waals surface area contributed by atoms with E-state index in [1.807, 2.05) is 7.05 Å². The van der Waals surface area contributed by atoms with Crippen LogP contribution in [-0.4, -0.2) is 51.0 Å². The van der Waals surface area contributed by atoms with Crippen molar-refractivity contribution in [3.05, 3.63) is 24.0 Å². The van der Waals surface area contributed by atoms with Crippen LogP contribution in [-0.2, 0) is 10.0 Å². The molecule has 1 aromatic rings. The Morgan fingerprint density at radius 2 is 2.24 bits per heavy atom. The number of aromatic nitrogens is 1. The molecular formula is C14H20N4O2S. The molecule has 0 aromatic carbocycles. The van der Waals surface area contributed by atoms with E-state index in [1.165, 1.54) is 31.3 Å². The Kier molecular flexibility index (Phi) is 5.31. The molecule has 0 bridgehead atoms. The van der Waals surface area contributed by atoms with Crippen molar-refractivity contribution >= 4 is 10.0 Å². The molecular weight excluding hydrogens is 288 g/mol. The Morgan fingerprint density at radius 1 is 1.48 bits per heavy atom. The second kappa shape index (κ2) is 7.00. The molecule has 1 aromatic heterocycles. The normalized spacial score (nSPS) is 14.8. The fourth-order valence-corrected chi connectivity index (χ4v) is 2.93. The number of pyridine rings is 1. The van der Waals surface area contributed by atoms with E-state index in [-0.39, 0.29) is 11.4 Å². The number of hydrogen-bond acceptors (Lipinski definition) is 5. The molecule has 0 saturated heterocycles. The highest BCUT2D eigenvalue weighted by atomic mass is 32.2. The summed E-state index contributed by atoms with van der Waals surface area (Å²) in [6, 6.07) is 2.12. The topological polar surface area (TPSA) is 88.3 Å². The maximum atomic E-state index is 12.2. The summed E-state index contributed by atoms with van der Waals surface area (Å²) in [5, 5.41) is 0. The van der Waals surface area contributed by atoms with Crippen LogP contribution in [0.4, 0.5) is 0 Å². The number of hydrogen-bond donors (Lipinski definition) is 2. The van der Waals surface area contributed by atoms with Crippen LogP contribution >= 0.6 is 0 Å². The van der Waals surface area contributed by atoms with Gasteiger partial charge in [-0.1, -0.05) is 11.8 Å². The van der Waals surface area contributed by atoms with Crippen molar-refractivity contribution < 1.29 is 8.42 Å². The number of rotatable bonds is 6. The van der Waals surface area contributed by atoms with Gasteiger partial charge < -0.3 is 10.6 Å². The number of likely N-dealkylation sites (N-methyl/N-ethyl adjacent to an activating group) is 1. The van der Waals surface area contributed by atoms with Crippen molar-refractivity contribution in [3.8, 4) is 11.8 Å². The van der Waals surface area contributed by atoms with Gasteiger partial charge >= 0.3 is 0 Å². The molecule has 0 spiro atoms. The average molecular weight is 308 g/mol. The minimum atomic E-state index is -3.55. The van der Waals surface area contributed by atoms with Gasteiger partial charge in [-0.15, -0.1) is 0 Å². The summed E-state index contributed by atoms with van der Waals surface area (Å²) in [4.78, 5) is 6.21. The van der Waals surface area contributed by atoms with Gasteiger partial charge in [-0.2, -0.15) is 0 Å². The highest BCUT2D eigenvalue weighted by molar-refractivity contribution is 7.89. The molecule has 2 rings (SSSR count). The van der Waals surface area contributed by atoms with Gasteiger partial charge in [0.15, 0.2) is 0 Å². The smallest absolute Gasteiger partial charge is 0.242 e. The summed E-state index contributed by atoms with van der Waals surface area (Å²) >= 11 is 0. The predicted octanol–water partition coefficient (Wildman–Crippen LogP) is -0.236. The Bertz CT molecular complexity index is 644. The molecule has 0 aliphatic heterocycles. The van der Waals surface area contributed by atoms with E-state index in [2.05, 4.69) is 26.4 Å². The summed E-state index contributed by atoms with van der Waals surface area (Å²) in [6.07, 6.45) is 5.24. The summed E-state index contributed by atoms with van der Waals surface area (Å²) in [6.45, 7) is 1.31. The maximum absolute atomic E-state index is 12.2. The zero-order valence-corrected chi connectivity index (χ0v) is 12.9. The van der Waals surface area contributed by atoms with Gasteiger partial charge in [0.05, 0.1) is 6.54 Å². The fraction of sp³-hybridized carbons (Fsp3) is 0.500. The van der Waals surface area contributed by atoms with Gasteiger partial charge in [0.2, 0.25) is 10.0 Å². The van der Waals surface area contributed by atoms with E-state index in [1.54, 1.807) is 0 Å². The van der Waals surface area contributed by atoms with Gasteiger partial charge in [0.25, 0.3) is 0 Å². The van der Waals surface area contributed by atoms with Crippen molar-refractivity contribution in [2.24, 2.45) is 5.73 Å². The van der Waals surface area contributed by atoms with Crippen LogP contribution in [0.1, 0.15) is 18.4 Å². The van der Waals surface area contributed by atoms with Crippen LogP contribution in [0.25, 0.3) is 0 Å². The molecule has 1 heterocycles. The first kappa shape index (κ1) is 15.9. The van der Waals surface area contributed by atoms with Crippen LogP contribution in [0.5, 0.6) is 0 Å². The lowest BCUT2D eigenvalue weighted by Gasteiger charge is -2.15. The summed E-state index contributed by atoms with van der Waals surface area (Å²) in [5.74, 6) is 5.45. The van der Waals surface area contributed by atoms with E-state index in [9.17, 15) is 8.42 Å². The number of nitrogens with one attached hydrogen (secondary N) is 1. The molecule has 0 amide bonds. The zero-order valence-electron chi connectivity index (χ0n) is 12.0. The lowest BCUT2D eigenvalue weighted by atomic mass is 10.3. The third-order valence-electron chi connectivity index (χ3n) is 3.29. The van der Waals surface area contributed by atoms with Crippen molar-refractivity contribution in [1.29, 1.82) is 0 Å². The third-order valence-corrected chi connectivity index (χ3v) is 4.71. The standard InChI is InChI=1S/C14H20N4O2S/c1-18(13-4-5-13)8-7-17-21(19,20)14-9-12(3-2-6-15)10-16-11-14/h9-11,13,17H,4-8,15H2,1H3. The van der Waals surface area contributed by atoms with Gasteiger partial charge in [-0.05, 0) is 26.0 Å². The minimum absolute atomic E-state index is 0.125. The summed E-state index contributed by atoms with van der Waals surface area (Å²) in [5.41, 5.74) is 5.83. The molecule has 1 saturated carbocycles. The maximum Gasteiger partial charge on any atom is 0.242 e. The fourth-order valence-electron chi connectivity index (χ4n) is 1.92. The second-order valence-electron chi connectivity index (χ2n) is 5.02. The number of nitrogens with two attached hydrogens (primary N) is 1. The Hall–Kier alpha value is -1.46. The highest BCUT2D eigenvalue weighted by Crippen LogP contribution is 2.24. The zero-order chi connectivity index (χ0) is 15.3. The van der Waals surface area contributed by atoms with Crippen molar-refractivity contribution in [2.75, 3.05) is 26.7 Å². The van der Waals surface area contributed by atoms with E-state index < -0.39 is 10.0 Å². The minimum Gasteiger partial charge on any atom is -0.320 e. The SMILES string of the molecule is CN(CCNS(=O)(=O)c1cncc(C#CCN)c1)C1CC1. The molecule has 0 atom stereocenters. The van der Waals surface area contributed by atoms with E-state index in [0.717, 1.165) is 0 Å². The molecule has 1 aliphatic carbocycles. The van der Waals surface area contributed by atoms with Crippen molar-refractivity contribution in [1.82, 2.24) is 14.6 Å². The molecule has 0 radical (unpaired) electrons. The molecule has 21 heavy (non-hydrogen) atoms. The largest absolute Gasteiger partial charge is 0.320 e. The van der Waals surface area contributed by atoms with Gasteiger partial charge in [0.1, 0.15) is 4.90 Å². The van der Waals surface area contributed by atoms with Crippen LogP contribution < -0.4 is 10.5 Å². The van der Waals surface area contributed by atoms with E-state index in [0.29, 0.717) is 24.7 Å². The molecule has 6 nitrogen and oxygen atoms in total. The van der Waals surface area contributed by atoms with Crippen molar-refractivity contribution in [3.63, 3.8) is 0 Å². The molecule has 114 valence electrons. The van der Waals surface area contributed by atoms with E-state index in [4.69, 9.17) is 5.73 Å². The van der Waals surface area contributed by atoms with Gasteiger partial charge in [0, 0.05) is 37.1 Å². The van der Waals surface area contributed by atoms with Crippen LogP contribution in [0, 0.1) is 11.8 Å². The van der Waals surface area contributed by atoms with Crippen molar-refractivity contribution in [2.45, 2.75) is 23.8 Å². The summed E-state index contributed by atoms with van der Waals surface area (Å²) in [7, 11) is -1.54. The second-order valence-corrected chi connectivity index (χ2v) is 6.79. The first-order valence-electron chi connectivity index (χ1n) is 6.87. The predicted molar refractivity (Wildman–Crippen MR) is 81.0 cm³/mol.